The van der Waals surface area contributed by atoms with E-state index in [-0.39, 0.29) is 5.91 Å². The van der Waals surface area contributed by atoms with Gasteiger partial charge >= 0.3 is 0 Å². The summed E-state index contributed by atoms with van der Waals surface area (Å²) in [5, 5.41) is 4.84. The highest BCUT2D eigenvalue weighted by Gasteiger charge is 2.38. The predicted octanol–water partition coefficient (Wildman–Crippen LogP) is 4.16. The summed E-state index contributed by atoms with van der Waals surface area (Å²) in [6, 6.07) is 10.7. The van der Waals surface area contributed by atoms with E-state index < -0.39 is 0 Å². The van der Waals surface area contributed by atoms with Gasteiger partial charge in [0.05, 0.1) is 5.69 Å². The van der Waals surface area contributed by atoms with Crippen LogP contribution in [0.25, 0.3) is 5.69 Å². The van der Waals surface area contributed by atoms with Gasteiger partial charge in [0.25, 0.3) is 5.91 Å². The van der Waals surface area contributed by atoms with Gasteiger partial charge in [-0.25, -0.2) is 4.68 Å². The summed E-state index contributed by atoms with van der Waals surface area (Å²) in [4.78, 5) is 15.7. The van der Waals surface area contributed by atoms with E-state index in [1.807, 2.05) is 22.9 Å². The fourth-order valence-electron chi connectivity index (χ4n) is 5.40. The zero-order valence-corrected chi connectivity index (χ0v) is 15.4. The standard InChI is InChI=1S/C22H27N3O/c26-22(24-15-7-9-16-8-4-5-13-19(16)24)21-18-12-6-14-20(18)25(23-21)17-10-2-1-3-11-17/h1-3,10-11,16,19H,4-9,12-15H2/t16-,19-/m0/s1. The predicted molar refractivity (Wildman–Crippen MR) is 102 cm³/mol. The number of benzene rings is 1. The molecule has 1 aromatic heterocycles. The van der Waals surface area contributed by atoms with E-state index in [9.17, 15) is 4.79 Å². The number of amides is 1. The Labute approximate surface area is 155 Å². The molecular formula is C22H27N3O. The van der Waals surface area contributed by atoms with Crippen LogP contribution in [0.15, 0.2) is 30.3 Å². The van der Waals surface area contributed by atoms with E-state index in [0.717, 1.165) is 43.6 Å². The number of likely N-dealkylation sites (tertiary alicyclic amines) is 1. The van der Waals surface area contributed by atoms with Crippen LogP contribution >= 0.6 is 0 Å². The molecule has 2 heterocycles. The summed E-state index contributed by atoms with van der Waals surface area (Å²) in [5.74, 6) is 0.903. The normalized spacial score (nSPS) is 25.0. The zero-order valence-electron chi connectivity index (χ0n) is 15.4. The molecule has 1 aliphatic heterocycles. The van der Waals surface area contributed by atoms with Gasteiger partial charge < -0.3 is 4.90 Å². The third kappa shape index (κ3) is 2.58. The molecular weight excluding hydrogens is 322 g/mol. The Morgan fingerprint density at radius 3 is 2.65 bits per heavy atom. The van der Waals surface area contributed by atoms with Crippen molar-refractivity contribution in [3.63, 3.8) is 0 Å². The summed E-state index contributed by atoms with van der Waals surface area (Å²) in [6.07, 6.45) is 10.7. The van der Waals surface area contributed by atoms with Crippen LogP contribution in [0.4, 0.5) is 0 Å². The van der Waals surface area contributed by atoms with Crippen molar-refractivity contribution < 1.29 is 4.79 Å². The molecule has 0 radical (unpaired) electrons. The van der Waals surface area contributed by atoms with Crippen molar-refractivity contribution in [3.8, 4) is 5.69 Å². The monoisotopic (exact) mass is 349 g/mol. The Hall–Kier alpha value is -2.10. The second kappa shape index (κ2) is 6.57. The van der Waals surface area contributed by atoms with Gasteiger partial charge in [-0.3, -0.25) is 4.79 Å². The van der Waals surface area contributed by atoms with Crippen LogP contribution in [-0.4, -0.2) is 33.2 Å². The first-order valence-corrected chi connectivity index (χ1v) is 10.3. The van der Waals surface area contributed by atoms with Crippen molar-refractivity contribution in [2.24, 2.45) is 5.92 Å². The molecule has 2 fully saturated rings. The van der Waals surface area contributed by atoms with Gasteiger partial charge in [-0.15, -0.1) is 0 Å². The van der Waals surface area contributed by atoms with Gasteiger partial charge in [-0.2, -0.15) is 5.10 Å². The minimum Gasteiger partial charge on any atom is -0.334 e. The van der Waals surface area contributed by atoms with Gasteiger partial charge in [0.15, 0.2) is 5.69 Å². The third-order valence-corrected chi connectivity index (χ3v) is 6.64. The molecule has 136 valence electrons. The molecule has 2 aromatic rings. The molecule has 1 saturated heterocycles. The van der Waals surface area contributed by atoms with Gasteiger partial charge in [0, 0.05) is 23.8 Å². The highest BCUT2D eigenvalue weighted by molar-refractivity contribution is 5.94. The Morgan fingerprint density at radius 1 is 0.962 bits per heavy atom. The van der Waals surface area contributed by atoms with Crippen LogP contribution in [-0.2, 0) is 12.8 Å². The zero-order chi connectivity index (χ0) is 17.5. The van der Waals surface area contributed by atoms with Crippen LogP contribution < -0.4 is 0 Å². The number of fused-ring (bicyclic) bond motifs is 2. The van der Waals surface area contributed by atoms with E-state index in [1.54, 1.807) is 0 Å². The Balaban J connectivity index is 1.51. The molecule has 0 unspecified atom stereocenters. The van der Waals surface area contributed by atoms with Gasteiger partial charge in [-0.05, 0) is 63.0 Å². The number of carbonyl (C=O) groups excluding carboxylic acids is 1. The van der Waals surface area contributed by atoms with E-state index in [4.69, 9.17) is 5.10 Å². The van der Waals surface area contributed by atoms with Crippen molar-refractivity contribution in [2.75, 3.05) is 6.54 Å². The minimum atomic E-state index is 0.189. The largest absolute Gasteiger partial charge is 0.334 e. The lowest BCUT2D eigenvalue weighted by molar-refractivity contribution is 0.0384. The molecule has 0 bridgehead atoms. The minimum absolute atomic E-state index is 0.189. The fourth-order valence-corrected chi connectivity index (χ4v) is 5.40. The molecule has 0 N–H and O–H groups in total. The van der Waals surface area contributed by atoms with Crippen LogP contribution in [0.1, 0.15) is 66.7 Å². The molecule has 4 heteroatoms. The van der Waals surface area contributed by atoms with Crippen LogP contribution in [0.3, 0.4) is 0 Å². The highest BCUT2D eigenvalue weighted by atomic mass is 16.2. The molecule has 4 nitrogen and oxygen atoms in total. The lowest BCUT2D eigenvalue weighted by Gasteiger charge is -2.44. The fraction of sp³-hybridized carbons (Fsp3) is 0.545. The first-order valence-electron chi connectivity index (χ1n) is 10.3. The molecule has 5 rings (SSSR count). The third-order valence-electron chi connectivity index (χ3n) is 6.64. The number of carbonyl (C=O) groups is 1. The van der Waals surface area contributed by atoms with E-state index in [0.29, 0.717) is 12.0 Å². The maximum Gasteiger partial charge on any atom is 0.274 e. The maximum absolute atomic E-state index is 13.5. The topological polar surface area (TPSA) is 38.1 Å². The molecule has 3 aliphatic rings. The van der Waals surface area contributed by atoms with Crippen molar-refractivity contribution >= 4 is 5.91 Å². The quantitative estimate of drug-likeness (QED) is 0.817. The molecule has 0 spiro atoms. The summed E-state index contributed by atoms with van der Waals surface area (Å²) in [7, 11) is 0. The molecule has 1 amide bonds. The first kappa shape index (κ1) is 16.1. The highest BCUT2D eigenvalue weighted by Crippen LogP contribution is 2.37. The van der Waals surface area contributed by atoms with E-state index in [1.165, 1.54) is 43.4 Å². The number of aromatic nitrogens is 2. The second-order valence-electron chi connectivity index (χ2n) is 8.13. The Bertz CT molecular complexity index is 808. The number of para-hydroxylation sites is 1. The van der Waals surface area contributed by atoms with Crippen LogP contribution in [0, 0.1) is 5.92 Å². The average Bonchev–Trinajstić information content (AvgIpc) is 3.30. The number of hydrogen-bond donors (Lipinski definition) is 0. The molecule has 2 atom stereocenters. The lowest BCUT2D eigenvalue weighted by Crippen LogP contribution is -2.49. The molecule has 1 aromatic carbocycles. The average molecular weight is 349 g/mol. The van der Waals surface area contributed by atoms with E-state index in [2.05, 4.69) is 17.0 Å². The van der Waals surface area contributed by atoms with Crippen molar-refractivity contribution in [1.29, 1.82) is 0 Å². The number of piperidine rings is 1. The van der Waals surface area contributed by atoms with Crippen molar-refractivity contribution in [2.45, 2.75) is 63.8 Å². The van der Waals surface area contributed by atoms with Gasteiger partial charge in [0.1, 0.15) is 0 Å². The SMILES string of the molecule is O=C(c1nn(-c2ccccc2)c2c1CCC2)N1CCC[C@@H]2CCCC[C@@H]21. The summed E-state index contributed by atoms with van der Waals surface area (Å²) < 4.78 is 2.03. The van der Waals surface area contributed by atoms with Gasteiger partial charge in [0.2, 0.25) is 0 Å². The van der Waals surface area contributed by atoms with Crippen molar-refractivity contribution in [3.05, 3.63) is 47.3 Å². The molecule has 26 heavy (non-hydrogen) atoms. The summed E-state index contributed by atoms with van der Waals surface area (Å²) in [6.45, 7) is 0.910. The number of nitrogens with zero attached hydrogens (tertiary/aromatic N) is 3. The second-order valence-corrected chi connectivity index (χ2v) is 8.13. The molecule has 2 aliphatic carbocycles. The van der Waals surface area contributed by atoms with E-state index >= 15 is 0 Å². The molecule has 1 saturated carbocycles. The smallest absolute Gasteiger partial charge is 0.274 e. The van der Waals surface area contributed by atoms with Crippen LogP contribution in [0.5, 0.6) is 0 Å². The lowest BCUT2D eigenvalue weighted by atomic mass is 9.78. The maximum atomic E-state index is 13.5. The van der Waals surface area contributed by atoms with Gasteiger partial charge in [-0.1, -0.05) is 31.0 Å². The first-order chi connectivity index (χ1) is 12.8. The Kier molecular flexibility index (Phi) is 4.07. The number of rotatable bonds is 2. The summed E-state index contributed by atoms with van der Waals surface area (Å²) in [5.41, 5.74) is 4.25. The summed E-state index contributed by atoms with van der Waals surface area (Å²) >= 11 is 0. The Morgan fingerprint density at radius 2 is 1.77 bits per heavy atom. The number of hydrogen-bond acceptors (Lipinski definition) is 2. The van der Waals surface area contributed by atoms with Crippen LogP contribution in [0.2, 0.25) is 0 Å². The van der Waals surface area contributed by atoms with Crippen molar-refractivity contribution in [1.82, 2.24) is 14.7 Å².